The first kappa shape index (κ1) is 21.3. The number of benzene rings is 1. The number of piperazine rings is 1. The van der Waals surface area contributed by atoms with Crippen molar-refractivity contribution in [1.29, 1.82) is 0 Å². The summed E-state index contributed by atoms with van der Waals surface area (Å²) in [4.78, 5) is 24.8. The summed E-state index contributed by atoms with van der Waals surface area (Å²) in [6.45, 7) is 9.21. The van der Waals surface area contributed by atoms with Crippen molar-refractivity contribution >= 4 is 22.0 Å². The number of carbonyl (C=O) groups excluding carboxylic acids is 2. The summed E-state index contributed by atoms with van der Waals surface area (Å²) in [5, 5.41) is 4.89. The van der Waals surface area contributed by atoms with Crippen LogP contribution in [0.4, 0.5) is 4.79 Å². The van der Waals surface area contributed by atoms with E-state index in [1.165, 1.54) is 4.31 Å². The largest absolute Gasteiger partial charge is 0.336 e. The van der Waals surface area contributed by atoms with E-state index in [4.69, 9.17) is 0 Å². The lowest BCUT2D eigenvalue weighted by Gasteiger charge is -2.31. The molecule has 1 aliphatic heterocycles. The van der Waals surface area contributed by atoms with Gasteiger partial charge in [0.25, 0.3) is 5.91 Å². The van der Waals surface area contributed by atoms with E-state index in [1.54, 1.807) is 19.1 Å². The van der Waals surface area contributed by atoms with E-state index >= 15 is 0 Å². The van der Waals surface area contributed by atoms with Crippen LogP contribution in [0.3, 0.4) is 0 Å². The Balaban J connectivity index is 1.91. The Kier molecular flexibility index (Phi) is 6.96. The lowest BCUT2D eigenvalue weighted by molar-refractivity contribution is -0.895. The van der Waals surface area contributed by atoms with Gasteiger partial charge in [0.2, 0.25) is 10.0 Å². The molecule has 3 amide bonds. The maximum absolute atomic E-state index is 12.9. The van der Waals surface area contributed by atoms with Crippen molar-refractivity contribution in [3.05, 3.63) is 29.3 Å². The summed E-state index contributed by atoms with van der Waals surface area (Å²) in [7, 11) is -3.54. The van der Waals surface area contributed by atoms with Gasteiger partial charge >= 0.3 is 6.03 Å². The first-order valence-electron chi connectivity index (χ1n) is 9.11. The van der Waals surface area contributed by atoms with Crippen LogP contribution in [0.5, 0.6) is 0 Å². The van der Waals surface area contributed by atoms with Crippen LogP contribution >= 0.6 is 0 Å². The van der Waals surface area contributed by atoms with E-state index in [0.29, 0.717) is 31.1 Å². The molecule has 150 valence electrons. The molecule has 0 bridgehead atoms. The molecular weight excluding hydrogens is 368 g/mol. The molecule has 1 heterocycles. The average Bonchev–Trinajstić information content (AvgIpc) is 2.53. The quantitative estimate of drug-likeness (QED) is 0.619. The molecule has 2 rings (SSSR count). The highest BCUT2D eigenvalue weighted by Crippen LogP contribution is 2.20. The van der Waals surface area contributed by atoms with Crippen LogP contribution in [-0.4, -0.2) is 63.4 Å². The van der Waals surface area contributed by atoms with Crippen LogP contribution in [0.1, 0.15) is 25.0 Å². The number of carbonyl (C=O) groups is 2. The van der Waals surface area contributed by atoms with Gasteiger partial charge in [0.1, 0.15) is 0 Å². The summed E-state index contributed by atoms with van der Waals surface area (Å²) in [5.41, 5.74) is 1.76. The van der Waals surface area contributed by atoms with Crippen LogP contribution in [0.2, 0.25) is 0 Å². The van der Waals surface area contributed by atoms with Gasteiger partial charge in [-0.2, -0.15) is 4.31 Å². The second kappa shape index (κ2) is 8.81. The van der Waals surface area contributed by atoms with Gasteiger partial charge in [-0.15, -0.1) is 0 Å². The number of nitrogens with one attached hydrogen (secondary N) is 3. The van der Waals surface area contributed by atoms with Crippen molar-refractivity contribution in [2.45, 2.75) is 38.6 Å². The third-order valence-corrected chi connectivity index (χ3v) is 6.52. The summed E-state index contributed by atoms with van der Waals surface area (Å²) in [6.07, 6.45) is 0. The number of hydrogen-bond donors (Lipinski definition) is 3. The molecule has 0 saturated carbocycles. The van der Waals surface area contributed by atoms with Gasteiger partial charge in [-0.25, -0.2) is 13.2 Å². The summed E-state index contributed by atoms with van der Waals surface area (Å²) in [6, 6.07) is 4.75. The molecule has 1 aromatic carbocycles. The maximum Gasteiger partial charge on any atom is 0.321 e. The zero-order chi connectivity index (χ0) is 20.2. The van der Waals surface area contributed by atoms with Gasteiger partial charge in [0.15, 0.2) is 6.54 Å². The lowest BCUT2D eigenvalue weighted by atomic mass is 10.2. The lowest BCUT2D eigenvalue weighted by Crippen LogP contribution is -3.15. The topological polar surface area (TPSA) is 100 Å². The minimum Gasteiger partial charge on any atom is -0.336 e. The SMILES string of the molecule is Cc1ccc(S(=O)(=O)N2CC[NH+](CC(=O)NC(=O)NC(C)C)CC2)c(C)c1. The van der Waals surface area contributed by atoms with Crippen LogP contribution in [0.25, 0.3) is 0 Å². The Morgan fingerprint density at radius 2 is 1.81 bits per heavy atom. The summed E-state index contributed by atoms with van der Waals surface area (Å²) in [5.74, 6) is -0.367. The Labute approximate surface area is 161 Å². The standard InChI is InChI=1S/C18H28N4O4S/c1-13(2)19-18(24)20-17(23)12-21-7-9-22(10-8-21)27(25,26)16-6-5-14(3)11-15(16)4/h5-6,11,13H,7-10,12H2,1-4H3,(H2,19,20,23,24)/p+1. The number of imide groups is 1. The molecule has 0 unspecified atom stereocenters. The number of quaternary nitrogens is 1. The summed E-state index contributed by atoms with van der Waals surface area (Å²) >= 11 is 0. The normalized spacial score (nSPS) is 16.3. The molecule has 27 heavy (non-hydrogen) atoms. The zero-order valence-corrected chi connectivity index (χ0v) is 17.1. The van der Waals surface area contributed by atoms with Crippen LogP contribution < -0.4 is 15.5 Å². The number of amides is 3. The minimum atomic E-state index is -3.54. The molecule has 0 spiro atoms. The third kappa shape index (κ3) is 5.75. The van der Waals surface area contributed by atoms with Gasteiger partial charge < -0.3 is 10.2 Å². The fraction of sp³-hybridized carbons (Fsp3) is 0.556. The number of hydrogen-bond acceptors (Lipinski definition) is 4. The van der Waals surface area contributed by atoms with Crippen molar-refractivity contribution in [2.24, 2.45) is 0 Å². The molecule has 3 N–H and O–H groups in total. The Hall–Kier alpha value is -1.97. The highest BCUT2D eigenvalue weighted by molar-refractivity contribution is 7.89. The van der Waals surface area contributed by atoms with Gasteiger partial charge in [-0.1, -0.05) is 17.7 Å². The predicted molar refractivity (Wildman–Crippen MR) is 102 cm³/mol. The van der Waals surface area contributed by atoms with Crippen LogP contribution in [0, 0.1) is 13.8 Å². The summed E-state index contributed by atoms with van der Waals surface area (Å²) < 4.78 is 27.2. The third-order valence-electron chi connectivity index (χ3n) is 4.46. The predicted octanol–water partition coefficient (Wildman–Crippen LogP) is -0.573. The van der Waals surface area contributed by atoms with Crippen LogP contribution in [0.15, 0.2) is 23.1 Å². The fourth-order valence-corrected chi connectivity index (χ4v) is 4.79. The Morgan fingerprint density at radius 1 is 1.19 bits per heavy atom. The molecule has 0 radical (unpaired) electrons. The van der Waals surface area contributed by atoms with E-state index in [-0.39, 0.29) is 18.5 Å². The highest BCUT2D eigenvalue weighted by atomic mass is 32.2. The smallest absolute Gasteiger partial charge is 0.321 e. The molecule has 1 aromatic rings. The van der Waals surface area contributed by atoms with Gasteiger partial charge in [-0.05, 0) is 39.3 Å². The highest BCUT2D eigenvalue weighted by Gasteiger charge is 2.32. The molecule has 1 aliphatic rings. The number of sulfonamides is 1. The molecule has 1 saturated heterocycles. The van der Waals surface area contributed by atoms with Crippen molar-refractivity contribution in [3.8, 4) is 0 Å². The minimum absolute atomic E-state index is 0.0517. The molecule has 8 nitrogen and oxygen atoms in total. The number of rotatable bonds is 5. The van der Waals surface area contributed by atoms with E-state index in [9.17, 15) is 18.0 Å². The number of aryl methyl sites for hydroxylation is 2. The van der Waals surface area contributed by atoms with Crippen LogP contribution in [-0.2, 0) is 14.8 Å². The molecule has 0 atom stereocenters. The van der Waals surface area contributed by atoms with E-state index < -0.39 is 16.1 Å². The molecule has 1 fully saturated rings. The van der Waals surface area contributed by atoms with Gasteiger partial charge in [0.05, 0.1) is 31.1 Å². The number of nitrogens with zero attached hydrogens (tertiary/aromatic N) is 1. The first-order valence-corrected chi connectivity index (χ1v) is 10.5. The van der Waals surface area contributed by atoms with Crippen molar-refractivity contribution in [2.75, 3.05) is 32.7 Å². The Bertz CT molecular complexity index is 800. The number of urea groups is 1. The maximum atomic E-state index is 12.9. The monoisotopic (exact) mass is 397 g/mol. The van der Waals surface area contributed by atoms with E-state index in [0.717, 1.165) is 16.0 Å². The molecule has 0 aromatic heterocycles. The van der Waals surface area contributed by atoms with Crippen molar-refractivity contribution < 1.29 is 22.9 Å². The van der Waals surface area contributed by atoms with E-state index in [2.05, 4.69) is 10.6 Å². The van der Waals surface area contributed by atoms with Crippen molar-refractivity contribution in [3.63, 3.8) is 0 Å². The van der Waals surface area contributed by atoms with Gasteiger partial charge in [0, 0.05) is 6.04 Å². The molecular formula is C18H29N4O4S+. The Morgan fingerprint density at radius 3 is 2.37 bits per heavy atom. The first-order chi connectivity index (χ1) is 12.6. The van der Waals surface area contributed by atoms with Gasteiger partial charge in [-0.3, -0.25) is 10.1 Å². The van der Waals surface area contributed by atoms with E-state index in [1.807, 2.05) is 26.8 Å². The van der Waals surface area contributed by atoms with Crippen molar-refractivity contribution in [1.82, 2.24) is 14.9 Å². The zero-order valence-electron chi connectivity index (χ0n) is 16.3. The second-order valence-electron chi connectivity index (χ2n) is 7.28. The second-order valence-corrected chi connectivity index (χ2v) is 9.18. The molecule has 0 aliphatic carbocycles. The molecule has 9 heteroatoms. The fourth-order valence-electron chi connectivity index (χ4n) is 3.14. The average molecular weight is 398 g/mol.